The van der Waals surface area contributed by atoms with E-state index in [2.05, 4.69) is 25.9 Å². The number of hydrogen-bond donors (Lipinski definition) is 3. The molecular weight excluding hydrogens is 476 g/mol. The van der Waals surface area contributed by atoms with Crippen molar-refractivity contribution in [1.82, 2.24) is 20.9 Å². The number of halogens is 2. The lowest BCUT2D eigenvalue weighted by Gasteiger charge is -2.18. The van der Waals surface area contributed by atoms with Crippen molar-refractivity contribution in [1.29, 1.82) is 0 Å². The topological polar surface area (TPSA) is 87.6 Å². The van der Waals surface area contributed by atoms with Crippen molar-refractivity contribution in [2.75, 3.05) is 26.7 Å². The molecule has 28 heavy (non-hydrogen) atoms. The number of rotatable bonds is 8. The predicted molar refractivity (Wildman–Crippen MR) is 118 cm³/mol. The van der Waals surface area contributed by atoms with Gasteiger partial charge >= 0.3 is 0 Å². The van der Waals surface area contributed by atoms with Crippen molar-refractivity contribution in [3.8, 4) is 5.75 Å². The molecule has 0 aliphatic carbocycles. The van der Waals surface area contributed by atoms with E-state index in [4.69, 9.17) is 4.74 Å². The Balaban J connectivity index is 0.00000392. The first-order chi connectivity index (χ1) is 13.1. The zero-order valence-electron chi connectivity index (χ0n) is 15.8. The summed E-state index contributed by atoms with van der Waals surface area (Å²) in [6.07, 6.45) is 2.87. The number of amides is 1. The maximum atomic E-state index is 13.6. The Kier molecular flexibility index (Phi) is 10.8. The third-order valence-corrected chi connectivity index (χ3v) is 3.57. The van der Waals surface area contributed by atoms with Crippen molar-refractivity contribution in [2.24, 2.45) is 4.99 Å². The Bertz CT molecular complexity index is 761. The number of benzene rings is 1. The zero-order valence-corrected chi connectivity index (χ0v) is 18.1. The monoisotopic (exact) mass is 501 g/mol. The quantitative estimate of drug-likeness (QED) is 0.224. The number of nitrogens with zero attached hydrogens (tertiary/aromatic N) is 2. The third-order valence-electron chi connectivity index (χ3n) is 3.57. The van der Waals surface area contributed by atoms with E-state index in [0.29, 0.717) is 31.2 Å². The summed E-state index contributed by atoms with van der Waals surface area (Å²) in [6, 6.07) is 9.69. The first-order valence-electron chi connectivity index (χ1n) is 8.64. The molecule has 1 amide bonds. The van der Waals surface area contributed by atoms with Crippen molar-refractivity contribution in [2.45, 2.75) is 13.0 Å². The second-order valence-corrected chi connectivity index (χ2v) is 5.74. The fourth-order valence-electron chi connectivity index (χ4n) is 2.22. The smallest absolute Gasteiger partial charge is 0.252 e. The van der Waals surface area contributed by atoms with Crippen LogP contribution in [0.3, 0.4) is 0 Å². The van der Waals surface area contributed by atoms with E-state index in [1.54, 1.807) is 43.6 Å². The summed E-state index contributed by atoms with van der Waals surface area (Å²) in [4.78, 5) is 19.9. The maximum Gasteiger partial charge on any atom is 0.252 e. The molecule has 0 fully saturated rings. The van der Waals surface area contributed by atoms with E-state index in [9.17, 15) is 9.18 Å². The van der Waals surface area contributed by atoms with Gasteiger partial charge in [-0.3, -0.25) is 14.8 Å². The van der Waals surface area contributed by atoms with Crippen LogP contribution >= 0.6 is 24.0 Å². The second kappa shape index (κ2) is 12.9. The van der Waals surface area contributed by atoms with Gasteiger partial charge in [0.15, 0.2) is 17.5 Å². The molecule has 9 heteroatoms. The lowest BCUT2D eigenvalue weighted by Crippen LogP contribution is -2.44. The minimum atomic E-state index is -0.392. The van der Waals surface area contributed by atoms with Crippen LogP contribution in [0, 0.1) is 5.82 Å². The van der Waals surface area contributed by atoms with Gasteiger partial charge in [0.1, 0.15) is 6.10 Å². The van der Waals surface area contributed by atoms with E-state index >= 15 is 0 Å². The average molecular weight is 501 g/mol. The lowest BCUT2D eigenvalue weighted by molar-refractivity contribution is 0.0954. The number of carbonyl (C=O) groups is 1. The van der Waals surface area contributed by atoms with Crippen LogP contribution in [0.5, 0.6) is 5.75 Å². The number of aromatic nitrogens is 1. The normalized spacial score (nSPS) is 11.8. The molecule has 0 bridgehead atoms. The molecule has 152 valence electrons. The highest BCUT2D eigenvalue weighted by Gasteiger charge is 2.09. The van der Waals surface area contributed by atoms with Gasteiger partial charge in [-0.05, 0) is 31.2 Å². The fourth-order valence-corrected chi connectivity index (χ4v) is 2.22. The fraction of sp³-hybridized carbons (Fsp3) is 0.316. The zero-order chi connectivity index (χ0) is 19.5. The summed E-state index contributed by atoms with van der Waals surface area (Å²) in [7, 11) is 1.64. The van der Waals surface area contributed by atoms with Crippen LogP contribution in [0.4, 0.5) is 4.39 Å². The van der Waals surface area contributed by atoms with Gasteiger partial charge in [0.2, 0.25) is 0 Å². The van der Waals surface area contributed by atoms with E-state index in [0.717, 1.165) is 0 Å². The highest BCUT2D eigenvalue weighted by Crippen LogP contribution is 2.16. The minimum Gasteiger partial charge on any atom is -0.486 e. The summed E-state index contributed by atoms with van der Waals surface area (Å²) in [5.41, 5.74) is 0.513. The number of aliphatic imine (C=N–C) groups is 1. The van der Waals surface area contributed by atoms with Crippen molar-refractivity contribution in [3.63, 3.8) is 0 Å². The largest absolute Gasteiger partial charge is 0.486 e. The van der Waals surface area contributed by atoms with Crippen molar-refractivity contribution in [3.05, 3.63) is 60.2 Å². The SMILES string of the molecule is CN=C(NCCNC(=O)c1cccnc1)NCC(C)Oc1ccccc1F.I. The van der Waals surface area contributed by atoms with Gasteiger partial charge in [-0.25, -0.2) is 4.39 Å². The Morgan fingerprint density at radius 1 is 1.18 bits per heavy atom. The molecule has 0 saturated heterocycles. The summed E-state index contributed by atoms with van der Waals surface area (Å²) in [5, 5.41) is 8.97. The summed E-state index contributed by atoms with van der Waals surface area (Å²) < 4.78 is 19.2. The summed E-state index contributed by atoms with van der Waals surface area (Å²) in [6.45, 7) is 3.20. The standard InChI is InChI=1S/C19H24FN5O2.HI/c1-14(27-17-8-4-3-7-16(17)20)12-25-19(21-2)24-11-10-23-18(26)15-6-5-9-22-13-15;/h3-9,13-14H,10-12H2,1-2H3,(H,23,26)(H2,21,24,25);1H. The molecule has 0 spiro atoms. The predicted octanol–water partition coefficient (Wildman–Crippen LogP) is 2.20. The number of carbonyl (C=O) groups excluding carboxylic acids is 1. The minimum absolute atomic E-state index is 0. The van der Waals surface area contributed by atoms with Crippen LogP contribution in [0.15, 0.2) is 53.8 Å². The third kappa shape index (κ3) is 8.07. The highest BCUT2D eigenvalue weighted by molar-refractivity contribution is 14.0. The molecular formula is C19H25FIN5O2. The lowest BCUT2D eigenvalue weighted by atomic mass is 10.3. The van der Waals surface area contributed by atoms with Gasteiger partial charge in [-0.2, -0.15) is 0 Å². The summed E-state index contributed by atoms with van der Waals surface area (Å²) in [5.74, 6) is 0.207. The average Bonchev–Trinajstić information content (AvgIpc) is 2.69. The number of pyridine rings is 1. The van der Waals surface area contributed by atoms with E-state index in [-0.39, 0.29) is 41.7 Å². The molecule has 2 rings (SSSR count). The Morgan fingerprint density at radius 3 is 2.61 bits per heavy atom. The number of ether oxygens (including phenoxy) is 1. The molecule has 0 saturated carbocycles. The molecule has 0 aliphatic rings. The van der Waals surface area contributed by atoms with Crippen molar-refractivity contribution < 1.29 is 13.9 Å². The Morgan fingerprint density at radius 2 is 1.93 bits per heavy atom. The van der Waals surface area contributed by atoms with Crippen LogP contribution in [0.2, 0.25) is 0 Å². The molecule has 1 unspecified atom stereocenters. The molecule has 1 heterocycles. The second-order valence-electron chi connectivity index (χ2n) is 5.74. The van der Waals surface area contributed by atoms with Gasteiger partial charge < -0.3 is 20.7 Å². The number of nitrogens with one attached hydrogen (secondary N) is 3. The number of para-hydroxylation sites is 1. The number of hydrogen-bond acceptors (Lipinski definition) is 4. The van der Waals surface area contributed by atoms with Gasteiger partial charge in [-0.15, -0.1) is 24.0 Å². The van der Waals surface area contributed by atoms with Gasteiger partial charge in [-0.1, -0.05) is 12.1 Å². The van der Waals surface area contributed by atoms with Gasteiger partial charge in [0, 0.05) is 32.5 Å². The molecule has 3 N–H and O–H groups in total. The van der Waals surface area contributed by atoms with Gasteiger partial charge in [0.05, 0.1) is 12.1 Å². The van der Waals surface area contributed by atoms with Gasteiger partial charge in [0.25, 0.3) is 5.91 Å². The van der Waals surface area contributed by atoms with Crippen LogP contribution in [-0.4, -0.2) is 49.6 Å². The molecule has 7 nitrogen and oxygen atoms in total. The first-order valence-corrected chi connectivity index (χ1v) is 8.64. The highest BCUT2D eigenvalue weighted by atomic mass is 127. The molecule has 0 aliphatic heterocycles. The molecule has 1 atom stereocenters. The van der Waals surface area contributed by atoms with E-state index < -0.39 is 5.82 Å². The molecule has 0 radical (unpaired) electrons. The van der Waals surface area contributed by atoms with Crippen molar-refractivity contribution >= 4 is 35.8 Å². The number of guanidine groups is 1. The van der Waals surface area contributed by atoms with Crippen LogP contribution in [-0.2, 0) is 0 Å². The molecule has 2 aromatic rings. The molecule has 1 aromatic heterocycles. The first kappa shape index (κ1) is 23.6. The Labute approximate surface area is 181 Å². The summed E-state index contributed by atoms with van der Waals surface area (Å²) >= 11 is 0. The van der Waals surface area contributed by atoms with Crippen LogP contribution in [0.25, 0.3) is 0 Å². The van der Waals surface area contributed by atoms with E-state index in [1.807, 2.05) is 6.92 Å². The van der Waals surface area contributed by atoms with Crippen LogP contribution < -0.4 is 20.7 Å². The van der Waals surface area contributed by atoms with E-state index in [1.165, 1.54) is 12.3 Å². The Hall–Kier alpha value is -2.43. The van der Waals surface area contributed by atoms with Crippen LogP contribution in [0.1, 0.15) is 17.3 Å². The molecule has 1 aromatic carbocycles. The maximum absolute atomic E-state index is 13.6.